The number of nitrogens with one attached hydrogen (secondary N) is 2. The van der Waals surface area contributed by atoms with E-state index in [0.717, 1.165) is 145 Å². The van der Waals surface area contributed by atoms with Gasteiger partial charge in [0.05, 0.1) is 53.4 Å². The van der Waals surface area contributed by atoms with Crippen LogP contribution in [0.25, 0.3) is 0 Å². The van der Waals surface area contributed by atoms with Crippen LogP contribution in [0.5, 0.6) is 0 Å². The van der Waals surface area contributed by atoms with Crippen LogP contribution < -0.4 is 10.2 Å². The molecule has 45 heteroatoms. The molecule has 6 heterocycles. The maximum atomic E-state index is 13.9. The first-order valence-corrected chi connectivity index (χ1v) is 61.8. The van der Waals surface area contributed by atoms with E-state index in [9.17, 15) is 32.0 Å². The Hall–Kier alpha value is 4.10. The van der Waals surface area contributed by atoms with Crippen molar-refractivity contribution < 1.29 is 68.4 Å². The third kappa shape index (κ3) is 50.3. The van der Waals surface area contributed by atoms with Crippen molar-refractivity contribution in [3.63, 3.8) is 0 Å². The Labute approximate surface area is 815 Å². The first kappa shape index (κ1) is 130. The molecular formula is C79H174Br4Cl5N14O15P7. The summed E-state index contributed by atoms with van der Waals surface area (Å²) in [5.74, 6) is 2.25. The molecule has 0 aromatic carbocycles. The Morgan fingerprint density at radius 1 is 0.403 bits per heavy atom. The molecule has 124 heavy (non-hydrogen) atoms. The molecule has 0 bridgehead atoms. The molecule has 0 amide bonds. The number of hydrogen-bond donors (Lipinski definition) is 2. The topological polar surface area (TPSA) is 256 Å². The lowest BCUT2D eigenvalue weighted by Crippen LogP contribution is -2.43. The molecule has 0 radical (unpaired) electrons. The Balaban J connectivity index is 0. The second-order valence-electron chi connectivity index (χ2n) is 37.9. The van der Waals surface area contributed by atoms with Crippen molar-refractivity contribution in [1.29, 1.82) is 0 Å². The second-order valence-corrected chi connectivity index (χ2v) is 58.7. The van der Waals surface area contributed by atoms with Crippen LogP contribution in [0, 0.1) is 5.41 Å². The standard InChI is InChI=1S/C16H36BrN2O2P.C13H28ClN2O3P.C11H23Br2N2O2P.C11H23Cl2N2O2P.C10H21Cl2N2O2P.C9H22BrN2O2P.C8H17N2O2P.CH4/c1-9-11-18(14(2)3)22(20,21-13-16(6,7)8)19(12-10-17)15(4)5;1-5-7-15(8-6-14)20(17,19-13(2,3)4)16-9-11-18-12-10-16;2*1-11(2,3)17-18(16)14(9-5-12)7-4-8-15(18)10-6-13;1-10(2,3)16-17(15)13(6-4-11)8-9-14(17)7-5-12;1-5-7-11-15(13,12-8-6-10)14-9(2,3)4;1-8(2,3)12-13(11,9-4-5-9)10-6-7-10;/h14-15H,9-13H2,1-8H3;5-12H2,1-4H3;2*4-10H2,1-3H3;4-9H2,1-3H3;5-8H2,1-4H3,(H2,11,12,13);4-7H2,1-3H3;1H4. The molecule has 0 aromatic heterocycles. The van der Waals surface area contributed by atoms with E-state index in [1.165, 1.54) is 0 Å². The van der Waals surface area contributed by atoms with Crippen LogP contribution in [-0.2, 0) is 68.4 Å². The van der Waals surface area contributed by atoms with E-state index in [0.29, 0.717) is 115 Å². The number of rotatable bonds is 42. The van der Waals surface area contributed by atoms with E-state index >= 15 is 0 Å². The molecular weight excluding hydrogens is 2100 g/mol. The average Bonchev–Trinajstić information content (AvgIpc) is 1.62. The van der Waals surface area contributed by atoms with Crippen LogP contribution in [0.3, 0.4) is 0 Å². The van der Waals surface area contributed by atoms with Crippen LogP contribution in [0.2, 0.25) is 0 Å². The summed E-state index contributed by atoms with van der Waals surface area (Å²) in [5, 5.41) is 9.01. The summed E-state index contributed by atoms with van der Waals surface area (Å²) in [6, 6.07) is 0.351. The zero-order valence-corrected chi connectivity index (χ0v) is 97.1. The molecule has 0 aromatic rings. The molecule has 3 atom stereocenters. The molecule has 29 nitrogen and oxygen atoms in total. The first-order chi connectivity index (χ1) is 56.6. The van der Waals surface area contributed by atoms with Gasteiger partial charge in [0.15, 0.2) is 0 Å². The lowest BCUT2D eigenvalue weighted by Gasteiger charge is -2.44. The SMILES string of the molecule is C.CC(C)(C)OP(=O)(N1CC1)N1CC1.CC(C)(C)OP1(=O)N(CCBr)CCCN1CCBr.CC(C)(C)OP1(=O)N(CCCl)CCCN1CCCl.CC(C)(C)OP1(=O)N(CCCl)CCN1CCCl.CCCN(C(C)C)P(=O)(OCC(C)(C)C)N(CCBr)C(C)C.CCCN(CCCl)P(=O)(OC(C)(C)C)N1CCOCC1.CCCNP(=O)(NCCBr)OC(C)(C)C. The second kappa shape index (κ2) is 61.6. The number of ether oxygens (including phenoxy) is 1. The molecule has 0 aliphatic carbocycles. The molecule has 0 spiro atoms. The average molecular weight is 2270 g/mol. The summed E-state index contributed by atoms with van der Waals surface area (Å²) in [5.41, 5.74) is -2.52. The van der Waals surface area contributed by atoms with Gasteiger partial charge in [-0.25, -0.2) is 66.2 Å². The summed E-state index contributed by atoms with van der Waals surface area (Å²) in [6.45, 7) is 74.8. The minimum atomic E-state index is -3.06. The Bertz CT molecular complexity index is 3060. The fourth-order valence-electron chi connectivity index (χ4n) is 12.4. The van der Waals surface area contributed by atoms with Crippen molar-refractivity contribution in [2.24, 2.45) is 5.41 Å². The number of hydrogen-bond acceptors (Lipinski definition) is 15. The third-order valence-electron chi connectivity index (χ3n) is 17.2. The largest absolute Gasteiger partial charge is 0.379 e. The van der Waals surface area contributed by atoms with Gasteiger partial charge in [0.1, 0.15) is 0 Å². The Morgan fingerprint density at radius 2 is 0.750 bits per heavy atom. The van der Waals surface area contributed by atoms with Gasteiger partial charge in [-0.05, 0) is 190 Å². The van der Waals surface area contributed by atoms with Crippen LogP contribution in [0.4, 0.5) is 0 Å². The monoisotopic (exact) mass is 2270 g/mol. The number of morpholine rings is 1. The third-order valence-corrected chi connectivity index (χ3v) is 39.7. The summed E-state index contributed by atoms with van der Waals surface area (Å²) in [6.07, 6.45) is 4.80. The van der Waals surface area contributed by atoms with Gasteiger partial charge >= 0.3 is 53.7 Å². The number of alkyl halides is 9. The lowest BCUT2D eigenvalue weighted by molar-refractivity contribution is 0.0403. The van der Waals surface area contributed by atoms with E-state index in [1.54, 1.807) is 0 Å². The van der Waals surface area contributed by atoms with Crippen LogP contribution >= 0.6 is 175 Å². The van der Waals surface area contributed by atoms with Crippen molar-refractivity contribution in [2.45, 2.75) is 279 Å². The van der Waals surface area contributed by atoms with Gasteiger partial charge in [-0.1, -0.05) is 113 Å². The van der Waals surface area contributed by atoms with E-state index in [1.807, 2.05) is 183 Å². The maximum absolute atomic E-state index is 13.9. The fraction of sp³-hybridized carbons (Fsp3) is 1.00. The Morgan fingerprint density at radius 3 is 1.03 bits per heavy atom. The summed E-state index contributed by atoms with van der Waals surface area (Å²) < 4.78 is 161. The summed E-state index contributed by atoms with van der Waals surface area (Å²) in [4.78, 5) is 0. The van der Waals surface area contributed by atoms with Gasteiger partial charge in [0.2, 0.25) is 0 Å². The fourth-order valence-corrected chi connectivity index (χ4v) is 35.2. The molecule has 6 aliphatic rings. The van der Waals surface area contributed by atoms with Gasteiger partial charge in [0.25, 0.3) is 0 Å². The van der Waals surface area contributed by atoms with Crippen molar-refractivity contribution in [3.8, 4) is 0 Å². The van der Waals surface area contributed by atoms with Gasteiger partial charge in [-0.3, -0.25) is 32.0 Å². The Kier molecular flexibility index (Phi) is 64.7. The van der Waals surface area contributed by atoms with E-state index in [2.05, 4.69) is 141 Å². The van der Waals surface area contributed by atoms with Gasteiger partial charge in [-0.15, -0.1) is 58.0 Å². The smallest absolute Gasteiger partial charge is 0.346 e. The van der Waals surface area contributed by atoms with Crippen molar-refractivity contribution in [1.82, 2.24) is 66.2 Å². The zero-order chi connectivity index (χ0) is 95.1. The molecule has 6 fully saturated rings. The highest BCUT2D eigenvalue weighted by Crippen LogP contribution is 2.65. The molecule has 6 rings (SSSR count). The predicted molar refractivity (Wildman–Crippen MR) is 546 cm³/mol. The van der Waals surface area contributed by atoms with Crippen molar-refractivity contribution in [3.05, 3.63) is 0 Å². The summed E-state index contributed by atoms with van der Waals surface area (Å²) >= 11 is 42.6. The molecule has 2 N–H and O–H groups in total. The normalized spacial score (nSPS) is 20.3. The molecule has 748 valence electrons. The molecule has 6 aliphatic heterocycles. The maximum Gasteiger partial charge on any atom is 0.346 e. The van der Waals surface area contributed by atoms with Crippen molar-refractivity contribution in [2.75, 3.05) is 228 Å². The van der Waals surface area contributed by atoms with Gasteiger partial charge in [-0.2, -0.15) is 0 Å². The first-order valence-electron chi connectivity index (χ1n) is 43.9. The quantitative estimate of drug-likeness (QED) is 0.0327. The predicted octanol–water partition coefficient (Wildman–Crippen LogP) is 23.8. The highest BCUT2D eigenvalue weighted by molar-refractivity contribution is 9.09. The van der Waals surface area contributed by atoms with Crippen LogP contribution in [-0.4, -0.2) is 329 Å². The van der Waals surface area contributed by atoms with E-state index in [4.69, 9.17) is 94.4 Å². The van der Waals surface area contributed by atoms with Crippen LogP contribution in [0.1, 0.15) is 233 Å². The highest BCUT2D eigenvalue weighted by atomic mass is 79.9. The van der Waals surface area contributed by atoms with E-state index in [-0.39, 0.29) is 30.5 Å². The summed E-state index contributed by atoms with van der Waals surface area (Å²) in [7, 11) is -20.4. The highest BCUT2D eigenvalue weighted by Gasteiger charge is 2.53. The minimum Gasteiger partial charge on any atom is -0.379 e. The minimum absolute atomic E-state index is 0. The lowest BCUT2D eigenvalue weighted by atomic mass is 9.99. The molecule has 0 saturated carbocycles. The van der Waals surface area contributed by atoms with Crippen LogP contribution in [0.15, 0.2) is 0 Å². The van der Waals surface area contributed by atoms with Gasteiger partial charge < -0.3 is 36.4 Å². The zero-order valence-electron chi connectivity index (χ0n) is 80.7. The molecule has 6 saturated heterocycles. The number of nitrogens with zero attached hydrogens (tertiary/aromatic N) is 12. The van der Waals surface area contributed by atoms with Gasteiger partial charge in [0, 0.05) is 220 Å². The molecule has 3 unspecified atom stereocenters. The van der Waals surface area contributed by atoms with Crippen molar-refractivity contribution >= 4 is 175 Å². The van der Waals surface area contributed by atoms with E-state index < -0.39 is 81.7 Å². The number of halogens is 9.